The molecule has 1 atom stereocenters. The van der Waals surface area contributed by atoms with Crippen molar-refractivity contribution in [1.29, 1.82) is 0 Å². The van der Waals surface area contributed by atoms with Gasteiger partial charge in [-0.05, 0) is 38.0 Å². The topological polar surface area (TPSA) is 74.8 Å². The molecule has 0 aliphatic heterocycles. The van der Waals surface area contributed by atoms with Gasteiger partial charge in [-0.1, -0.05) is 42.5 Å². The van der Waals surface area contributed by atoms with E-state index >= 15 is 0 Å². The van der Waals surface area contributed by atoms with Gasteiger partial charge in [0, 0.05) is 13.1 Å². The van der Waals surface area contributed by atoms with Gasteiger partial charge < -0.3 is 20.7 Å². The van der Waals surface area contributed by atoms with Crippen LogP contribution in [0.4, 0.5) is 4.39 Å². The number of ether oxygens (including phenoxy) is 1. The van der Waals surface area contributed by atoms with Crippen LogP contribution in [-0.4, -0.2) is 44.1 Å². The second-order valence-electron chi connectivity index (χ2n) is 6.52. The summed E-state index contributed by atoms with van der Waals surface area (Å²) in [5, 5.41) is 9.05. The third kappa shape index (κ3) is 8.64. The minimum atomic E-state index is -0.396. The molecule has 0 bridgehead atoms. The van der Waals surface area contributed by atoms with Crippen molar-refractivity contribution in [3.63, 3.8) is 0 Å². The third-order valence-corrected chi connectivity index (χ3v) is 4.03. The zero-order valence-corrected chi connectivity index (χ0v) is 17.0. The predicted octanol–water partition coefficient (Wildman–Crippen LogP) is 2.51. The van der Waals surface area contributed by atoms with Crippen molar-refractivity contribution in [2.75, 3.05) is 26.2 Å². The van der Waals surface area contributed by atoms with Gasteiger partial charge in [0.1, 0.15) is 12.6 Å². The standard InChI is InChI=1S/C22H29FN4O2/c1-3-24-22(26-15-17(2)29-20-12-8-7-11-19(20)23)27-16-21(28)25-14-13-18-9-5-4-6-10-18/h4-12,17H,3,13-16H2,1-2H3,(H,25,28)(H2,24,26,27). The first-order valence-electron chi connectivity index (χ1n) is 9.82. The van der Waals surface area contributed by atoms with Gasteiger partial charge in [-0.25, -0.2) is 9.38 Å². The van der Waals surface area contributed by atoms with Gasteiger partial charge in [0.15, 0.2) is 17.5 Å². The fraction of sp³-hybridized carbons (Fsp3) is 0.364. The summed E-state index contributed by atoms with van der Waals surface area (Å²) in [7, 11) is 0. The van der Waals surface area contributed by atoms with Gasteiger partial charge in [0.2, 0.25) is 5.91 Å². The third-order valence-electron chi connectivity index (χ3n) is 4.03. The van der Waals surface area contributed by atoms with Gasteiger partial charge in [-0.15, -0.1) is 0 Å². The summed E-state index contributed by atoms with van der Waals surface area (Å²) in [4.78, 5) is 16.3. The Balaban J connectivity index is 1.74. The van der Waals surface area contributed by atoms with E-state index in [9.17, 15) is 9.18 Å². The largest absolute Gasteiger partial charge is 0.486 e. The molecule has 0 aliphatic carbocycles. The summed E-state index contributed by atoms with van der Waals surface area (Å²) in [6, 6.07) is 16.3. The summed E-state index contributed by atoms with van der Waals surface area (Å²) in [6.07, 6.45) is 0.495. The molecular formula is C22H29FN4O2. The van der Waals surface area contributed by atoms with Crippen molar-refractivity contribution in [2.24, 2.45) is 4.99 Å². The number of guanidine groups is 1. The average molecular weight is 400 g/mol. The second-order valence-corrected chi connectivity index (χ2v) is 6.52. The van der Waals surface area contributed by atoms with E-state index in [0.29, 0.717) is 25.6 Å². The fourth-order valence-electron chi connectivity index (χ4n) is 2.58. The Kier molecular flexibility index (Phi) is 9.48. The highest BCUT2D eigenvalue weighted by atomic mass is 19.1. The molecule has 1 unspecified atom stereocenters. The number of halogens is 1. The molecule has 0 radical (unpaired) electrons. The molecule has 2 rings (SSSR count). The van der Waals surface area contributed by atoms with E-state index in [1.165, 1.54) is 11.6 Å². The molecule has 0 aromatic heterocycles. The summed E-state index contributed by atoms with van der Waals surface area (Å²) in [5.74, 6) is 0.178. The Morgan fingerprint density at radius 2 is 1.79 bits per heavy atom. The molecule has 0 fully saturated rings. The smallest absolute Gasteiger partial charge is 0.241 e. The lowest BCUT2D eigenvalue weighted by atomic mass is 10.1. The van der Waals surface area contributed by atoms with Gasteiger partial charge >= 0.3 is 0 Å². The van der Waals surface area contributed by atoms with Crippen LogP contribution >= 0.6 is 0 Å². The molecule has 3 N–H and O–H groups in total. The number of hydrogen-bond donors (Lipinski definition) is 3. The SMILES string of the molecule is CCNC(=NCC(=O)NCCc1ccccc1)NCC(C)Oc1ccccc1F. The van der Waals surface area contributed by atoms with E-state index in [0.717, 1.165) is 6.42 Å². The monoisotopic (exact) mass is 400 g/mol. The number of nitrogens with one attached hydrogen (secondary N) is 3. The highest BCUT2D eigenvalue weighted by Crippen LogP contribution is 2.16. The normalized spacial score (nSPS) is 12.2. The molecule has 0 saturated heterocycles. The van der Waals surface area contributed by atoms with E-state index in [2.05, 4.69) is 20.9 Å². The number of carbonyl (C=O) groups is 1. The lowest BCUT2D eigenvalue weighted by molar-refractivity contribution is -0.119. The lowest BCUT2D eigenvalue weighted by Gasteiger charge is -2.18. The highest BCUT2D eigenvalue weighted by Gasteiger charge is 2.09. The van der Waals surface area contributed by atoms with E-state index < -0.39 is 5.82 Å². The summed E-state index contributed by atoms with van der Waals surface area (Å²) in [5.41, 5.74) is 1.18. The molecule has 156 valence electrons. The fourth-order valence-corrected chi connectivity index (χ4v) is 2.58. The van der Waals surface area contributed by atoms with Crippen LogP contribution in [0.25, 0.3) is 0 Å². The number of amides is 1. The maximum atomic E-state index is 13.7. The molecule has 2 aromatic carbocycles. The molecule has 7 heteroatoms. The highest BCUT2D eigenvalue weighted by molar-refractivity contribution is 5.84. The van der Waals surface area contributed by atoms with Crippen LogP contribution in [0.2, 0.25) is 0 Å². The number of nitrogens with zero attached hydrogens (tertiary/aromatic N) is 1. The molecule has 0 spiro atoms. The number of rotatable bonds is 10. The Hall–Kier alpha value is -3.09. The van der Waals surface area contributed by atoms with Gasteiger partial charge in [0.05, 0.1) is 6.54 Å². The van der Waals surface area contributed by atoms with Crippen LogP contribution in [-0.2, 0) is 11.2 Å². The summed E-state index contributed by atoms with van der Waals surface area (Å²) < 4.78 is 19.3. The molecule has 0 saturated carbocycles. The Labute approximate surface area is 171 Å². The number of carbonyl (C=O) groups excluding carboxylic acids is 1. The second kappa shape index (κ2) is 12.4. The molecule has 2 aromatic rings. The molecule has 29 heavy (non-hydrogen) atoms. The molecule has 1 amide bonds. The van der Waals surface area contributed by atoms with Crippen molar-refractivity contribution in [3.8, 4) is 5.75 Å². The van der Waals surface area contributed by atoms with Crippen molar-refractivity contribution in [3.05, 3.63) is 66.0 Å². The zero-order valence-electron chi connectivity index (χ0n) is 17.0. The van der Waals surface area contributed by atoms with Gasteiger partial charge in [0.25, 0.3) is 0 Å². The minimum absolute atomic E-state index is 0.0205. The number of hydrogen-bond acceptors (Lipinski definition) is 3. The van der Waals surface area contributed by atoms with Crippen LogP contribution in [0.1, 0.15) is 19.4 Å². The number of aliphatic imine (C=N–C) groups is 1. The van der Waals surface area contributed by atoms with Crippen LogP contribution in [0.3, 0.4) is 0 Å². The van der Waals surface area contributed by atoms with Gasteiger partial charge in [-0.3, -0.25) is 4.79 Å². The zero-order chi connectivity index (χ0) is 20.9. The molecule has 0 aliphatic rings. The van der Waals surface area contributed by atoms with E-state index in [1.54, 1.807) is 18.2 Å². The van der Waals surface area contributed by atoms with Gasteiger partial charge in [-0.2, -0.15) is 0 Å². The van der Waals surface area contributed by atoms with Crippen molar-refractivity contribution >= 4 is 11.9 Å². The average Bonchev–Trinajstić information content (AvgIpc) is 2.72. The Morgan fingerprint density at radius 3 is 2.52 bits per heavy atom. The van der Waals surface area contributed by atoms with Crippen LogP contribution in [0.5, 0.6) is 5.75 Å². The van der Waals surface area contributed by atoms with E-state index in [1.807, 2.05) is 44.2 Å². The maximum Gasteiger partial charge on any atom is 0.241 e. The summed E-state index contributed by atoms with van der Waals surface area (Å²) in [6.45, 7) is 5.43. The maximum absolute atomic E-state index is 13.7. The first kappa shape index (κ1) is 22.2. The molecular weight excluding hydrogens is 371 g/mol. The van der Waals surface area contributed by atoms with E-state index in [4.69, 9.17) is 4.74 Å². The van der Waals surface area contributed by atoms with Crippen molar-refractivity contribution < 1.29 is 13.9 Å². The lowest BCUT2D eigenvalue weighted by Crippen LogP contribution is -2.42. The first-order valence-corrected chi connectivity index (χ1v) is 9.82. The van der Waals surface area contributed by atoms with Crippen LogP contribution in [0.15, 0.2) is 59.6 Å². The van der Waals surface area contributed by atoms with Crippen LogP contribution < -0.4 is 20.7 Å². The summed E-state index contributed by atoms with van der Waals surface area (Å²) >= 11 is 0. The van der Waals surface area contributed by atoms with Crippen molar-refractivity contribution in [1.82, 2.24) is 16.0 Å². The Morgan fingerprint density at radius 1 is 1.07 bits per heavy atom. The molecule has 6 nitrogen and oxygen atoms in total. The van der Waals surface area contributed by atoms with E-state index in [-0.39, 0.29) is 24.3 Å². The quantitative estimate of drug-likeness (QED) is 0.423. The Bertz CT molecular complexity index is 783. The predicted molar refractivity (Wildman–Crippen MR) is 114 cm³/mol. The van der Waals surface area contributed by atoms with Crippen molar-refractivity contribution in [2.45, 2.75) is 26.4 Å². The number of benzene rings is 2. The molecule has 0 heterocycles. The number of para-hydroxylation sites is 1. The minimum Gasteiger partial charge on any atom is -0.486 e. The first-order chi connectivity index (χ1) is 14.1. The van der Waals surface area contributed by atoms with Crippen LogP contribution in [0, 0.1) is 5.82 Å².